The van der Waals surface area contributed by atoms with E-state index in [0.717, 1.165) is 5.56 Å². The zero-order chi connectivity index (χ0) is 21.8. The van der Waals surface area contributed by atoms with Crippen LogP contribution in [-0.4, -0.2) is 16.9 Å². The molecule has 0 aliphatic carbocycles. The molecule has 7 heteroatoms. The molecule has 0 aromatic heterocycles. The number of hydrogen-bond acceptors (Lipinski definition) is 4. The number of anilines is 1. The summed E-state index contributed by atoms with van der Waals surface area (Å²) in [5.41, 5.74) is 2.00. The van der Waals surface area contributed by atoms with E-state index in [2.05, 4.69) is 5.32 Å². The molecule has 3 aromatic carbocycles. The highest BCUT2D eigenvalue weighted by molar-refractivity contribution is 7.80. The Morgan fingerprint density at radius 2 is 1.65 bits per heavy atom. The maximum atomic E-state index is 13.2. The lowest BCUT2D eigenvalue weighted by atomic mass is 10.1. The molecule has 0 spiro atoms. The second-order valence-corrected chi connectivity index (χ2v) is 7.57. The summed E-state index contributed by atoms with van der Waals surface area (Å²) in [5.74, 6) is -0.592. The fourth-order valence-electron chi connectivity index (χ4n) is 3.12. The normalized spacial score (nSPS) is 15.2. The Hall–Kier alpha value is -3.48. The van der Waals surface area contributed by atoms with Gasteiger partial charge in [0.1, 0.15) is 17.9 Å². The van der Waals surface area contributed by atoms with Crippen LogP contribution < -0.4 is 15.0 Å². The van der Waals surface area contributed by atoms with Crippen molar-refractivity contribution in [1.82, 2.24) is 5.32 Å². The first-order chi connectivity index (χ1) is 15.0. The molecule has 0 atom stereocenters. The van der Waals surface area contributed by atoms with Crippen LogP contribution in [0.4, 0.5) is 5.69 Å². The van der Waals surface area contributed by atoms with Gasteiger partial charge < -0.3 is 4.74 Å². The Labute approximate surface area is 189 Å². The SMILES string of the molecule is O=C1NC(=S)N(c2ccccc2)C(=O)/C1=C\c1cc(Cl)ccc1OCc1ccccc1. The van der Waals surface area contributed by atoms with Crippen LogP contribution in [0.1, 0.15) is 11.1 Å². The minimum atomic E-state index is -0.573. The van der Waals surface area contributed by atoms with Crippen molar-refractivity contribution in [3.63, 3.8) is 0 Å². The first-order valence-corrected chi connectivity index (χ1v) is 10.2. The van der Waals surface area contributed by atoms with E-state index < -0.39 is 11.8 Å². The highest BCUT2D eigenvalue weighted by Crippen LogP contribution is 2.28. The van der Waals surface area contributed by atoms with Crippen LogP contribution in [0.3, 0.4) is 0 Å². The monoisotopic (exact) mass is 448 g/mol. The molecule has 5 nitrogen and oxygen atoms in total. The zero-order valence-corrected chi connectivity index (χ0v) is 17.8. The number of nitrogens with one attached hydrogen (secondary N) is 1. The van der Waals surface area contributed by atoms with Crippen molar-refractivity contribution in [3.8, 4) is 5.75 Å². The second-order valence-electron chi connectivity index (χ2n) is 6.75. The largest absolute Gasteiger partial charge is 0.488 e. The van der Waals surface area contributed by atoms with Crippen molar-refractivity contribution < 1.29 is 14.3 Å². The maximum Gasteiger partial charge on any atom is 0.270 e. The lowest BCUT2D eigenvalue weighted by Crippen LogP contribution is -2.54. The Bertz CT molecular complexity index is 1180. The van der Waals surface area contributed by atoms with Crippen molar-refractivity contribution in [3.05, 3.63) is 101 Å². The van der Waals surface area contributed by atoms with E-state index in [1.54, 1.807) is 42.5 Å². The van der Waals surface area contributed by atoms with Crippen molar-refractivity contribution in [2.75, 3.05) is 4.90 Å². The molecule has 0 unspecified atom stereocenters. The summed E-state index contributed by atoms with van der Waals surface area (Å²) < 4.78 is 5.94. The number of ether oxygens (including phenoxy) is 1. The smallest absolute Gasteiger partial charge is 0.270 e. The minimum absolute atomic E-state index is 0.0324. The molecular formula is C24H17ClN2O3S. The predicted molar refractivity (Wildman–Crippen MR) is 125 cm³/mol. The van der Waals surface area contributed by atoms with Crippen LogP contribution in [0.15, 0.2) is 84.4 Å². The van der Waals surface area contributed by atoms with E-state index in [1.807, 2.05) is 36.4 Å². The number of nitrogens with zero attached hydrogens (tertiary/aromatic N) is 1. The zero-order valence-electron chi connectivity index (χ0n) is 16.2. The number of carbonyl (C=O) groups excluding carboxylic acids is 2. The van der Waals surface area contributed by atoms with Crippen molar-refractivity contribution in [1.29, 1.82) is 0 Å². The highest BCUT2D eigenvalue weighted by atomic mass is 35.5. The van der Waals surface area contributed by atoms with Gasteiger partial charge in [0, 0.05) is 10.6 Å². The average Bonchev–Trinajstić information content (AvgIpc) is 2.77. The first-order valence-electron chi connectivity index (χ1n) is 9.46. The van der Waals surface area contributed by atoms with Gasteiger partial charge in [0.05, 0.1) is 5.69 Å². The number of benzene rings is 3. The molecule has 3 aromatic rings. The number of para-hydroxylation sites is 1. The van der Waals surface area contributed by atoms with Crippen LogP contribution in [0, 0.1) is 0 Å². The standard InChI is InChI=1S/C24H17ClN2O3S/c25-18-11-12-21(30-15-16-7-3-1-4-8-16)17(13-18)14-20-22(28)26-24(31)27(23(20)29)19-9-5-2-6-10-19/h1-14H,15H2,(H,26,28,31)/b20-14-. The number of hydrogen-bond donors (Lipinski definition) is 1. The first kappa shape index (κ1) is 20.8. The molecule has 2 amide bonds. The summed E-state index contributed by atoms with van der Waals surface area (Å²) >= 11 is 11.4. The molecule has 1 saturated heterocycles. The van der Waals surface area contributed by atoms with Crippen molar-refractivity contribution in [2.24, 2.45) is 0 Å². The lowest BCUT2D eigenvalue weighted by molar-refractivity contribution is -0.122. The molecule has 1 aliphatic rings. The fraction of sp³-hybridized carbons (Fsp3) is 0.0417. The summed E-state index contributed by atoms with van der Waals surface area (Å²) in [6.07, 6.45) is 1.47. The van der Waals surface area contributed by atoms with E-state index in [4.69, 9.17) is 28.6 Å². The minimum Gasteiger partial charge on any atom is -0.488 e. The summed E-state index contributed by atoms with van der Waals surface area (Å²) in [6.45, 7) is 0.332. The Morgan fingerprint density at radius 3 is 2.35 bits per heavy atom. The molecular weight excluding hydrogens is 432 g/mol. The molecule has 4 rings (SSSR count). The molecule has 1 aliphatic heterocycles. The van der Waals surface area contributed by atoms with Crippen molar-refractivity contribution in [2.45, 2.75) is 6.61 Å². The van der Waals surface area contributed by atoms with Gasteiger partial charge in [-0.05, 0) is 54.2 Å². The molecule has 0 saturated carbocycles. The van der Waals surface area contributed by atoms with Crippen LogP contribution >= 0.6 is 23.8 Å². The summed E-state index contributed by atoms with van der Waals surface area (Å²) in [5, 5.41) is 3.06. The van der Waals surface area contributed by atoms with Gasteiger partial charge in [0.25, 0.3) is 11.8 Å². The molecule has 1 fully saturated rings. The van der Waals surface area contributed by atoms with Gasteiger partial charge in [-0.25, -0.2) is 0 Å². The molecule has 0 radical (unpaired) electrons. The highest BCUT2D eigenvalue weighted by Gasteiger charge is 2.34. The third-order valence-electron chi connectivity index (χ3n) is 4.62. The van der Waals surface area contributed by atoms with Crippen LogP contribution in [-0.2, 0) is 16.2 Å². The van der Waals surface area contributed by atoms with Gasteiger partial charge in [-0.2, -0.15) is 0 Å². The summed E-state index contributed by atoms with van der Waals surface area (Å²) in [6, 6.07) is 23.6. The third-order valence-corrected chi connectivity index (χ3v) is 5.14. The quantitative estimate of drug-likeness (QED) is 0.347. The van der Waals surface area contributed by atoms with Gasteiger partial charge in [0.15, 0.2) is 5.11 Å². The Kier molecular flexibility index (Phi) is 6.11. The van der Waals surface area contributed by atoms with Crippen LogP contribution in [0.5, 0.6) is 5.75 Å². The van der Waals surface area contributed by atoms with E-state index >= 15 is 0 Å². The van der Waals surface area contributed by atoms with Crippen molar-refractivity contribution >= 4 is 52.5 Å². The van der Waals surface area contributed by atoms with Gasteiger partial charge in [-0.3, -0.25) is 19.8 Å². The second kappa shape index (κ2) is 9.12. The molecule has 0 bridgehead atoms. The maximum absolute atomic E-state index is 13.2. The number of thiocarbonyl (C=S) groups is 1. The predicted octanol–water partition coefficient (Wildman–Crippen LogP) is 4.75. The Morgan fingerprint density at radius 1 is 0.968 bits per heavy atom. The van der Waals surface area contributed by atoms with E-state index in [1.165, 1.54) is 11.0 Å². The van der Waals surface area contributed by atoms with Gasteiger partial charge in [0.2, 0.25) is 0 Å². The number of rotatable bonds is 5. The number of amides is 2. The molecule has 1 heterocycles. The number of halogens is 1. The molecule has 154 valence electrons. The summed E-state index contributed by atoms with van der Waals surface area (Å²) in [7, 11) is 0. The lowest BCUT2D eigenvalue weighted by Gasteiger charge is -2.29. The fourth-order valence-corrected chi connectivity index (χ4v) is 3.58. The topological polar surface area (TPSA) is 58.6 Å². The van der Waals surface area contributed by atoms with Gasteiger partial charge in [-0.1, -0.05) is 60.1 Å². The molecule has 31 heavy (non-hydrogen) atoms. The third kappa shape index (κ3) is 4.66. The van der Waals surface area contributed by atoms with E-state index in [-0.39, 0.29) is 10.7 Å². The van der Waals surface area contributed by atoms with E-state index in [9.17, 15) is 9.59 Å². The molecule has 1 N–H and O–H groups in total. The summed E-state index contributed by atoms with van der Waals surface area (Å²) in [4.78, 5) is 27.0. The van der Waals surface area contributed by atoms with E-state index in [0.29, 0.717) is 28.6 Å². The van der Waals surface area contributed by atoms with Crippen LogP contribution in [0.2, 0.25) is 5.02 Å². The number of carbonyl (C=O) groups is 2. The van der Waals surface area contributed by atoms with Crippen LogP contribution in [0.25, 0.3) is 6.08 Å². The average molecular weight is 449 g/mol. The van der Waals surface area contributed by atoms with Gasteiger partial charge in [-0.15, -0.1) is 0 Å². The Balaban J connectivity index is 1.68. The van der Waals surface area contributed by atoms with Gasteiger partial charge >= 0.3 is 0 Å².